The van der Waals surface area contributed by atoms with Crippen LogP contribution in [0.3, 0.4) is 0 Å². The van der Waals surface area contributed by atoms with Crippen LogP contribution in [0.15, 0.2) is 18.2 Å². The molecule has 2 heterocycles. The van der Waals surface area contributed by atoms with Crippen molar-refractivity contribution in [2.75, 3.05) is 35.2 Å². The highest BCUT2D eigenvalue weighted by molar-refractivity contribution is 7.89. The first-order valence-corrected chi connectivity index (χ1v) is 9.40. The molecule has 1 aromatic carbocycles. The minimum Gasteiger partial charge on any atom is -0.369 e. The van der Waals surface area contributed by atoms with E-state index in [1.54, 1.807) is 12.1 Å². The van der Waals surface area contributed by atoms with Crippen LogP contribution in [-0.4, -0.2) is 39.7 Å². The van der Waals surface area contributed by atoms with Crippen molar-refractivity contribution in [1.29, 1.82) is 0 Å². The Bertz CT molecular complexity index is 717. The summed E-state index contributed by atoms with van der Waals surface area (Å²) < 4.78 is 36.7. The molecule has 3 rings (SSSR count). The van der Waals surface area contributed by atoms with E-state index in [2.05, 4.69) is 0 Å². The number of benzene rings is 1. The highest BCUT2D eigenvalue weighted by Gasteiger charge is 2.33. The Balaban J connectivity index is 1.76. The van der Waals surface area contributed by atoms with Crippen molar-refractivity contribution >= 4 is 27.3 Å². The second-order valence-corrected chi connectivity index (χ2v) is 7.89. The topological polar surface area (TPSA) is 83.7 Å². The lowest BCUT2D eigenvalue weighted by Gasteiger charge is -2.21. The number of hydrogen-bond donors (Lipinski definition) is 1. The zero-order valence-electron chi connectivity index (χ0n) is 12.7. The zero-order valence-corrected chi connectivity index (χ0v) is 13.6. The summed E-state index contributed by atoms with van der Waals surface area (Å²) in [4.78, 5) is 15.5. The SMILES string of the molecule is NS(=O)(=O)CC1CC(=O)N(c2ccc(N3CCCC3)c(F)c2)C1. The van der Waals surface area contributed by atoms with E-state index >= 15 is 0 Å². The molecule has 0 aliphatic carbocycles. The molecule has 2 fully saturated rings. The summed E-state index contributed by atoms with van der Waals surface area (Å²) in [6, 6.07) is 4.76. The van der Waals surface area contributed by atoms with Gasteiger partial charge in [0.2, 0.25) is 15.9 Å². The van der Waals surface area contributed by atoms with Gasteiger partial charge in [-0.1, -0.05) is 0 Å². The number of amides is 1. The maximum absolute atomic E-state index is 14.4. The maximum Gasteiger partial charge on any atom is 0.227 e. The molecule has 0 saturated carbocycles. The quantitative estimate of drug-likeness (QED) is 0.888. The van der Waals surface area contributed by atoms with Crippen LogP contribution in [0.2, 0.25) is 0 Å². The number of halogens is 1. The predicted molar refractivity (Wildman–Crippen MR) is 86.3 cm³/mol. The van der Waals surface area contributed by atoms with Gasteiger partial charge in [0.1, 0.15) is 5.82 Å². The van der Waals surface area contributed by atoms with Crippen LogP contribution in [0.4, 0.5) is 15.8 Å². The lowest BCUT2D eigenvalue weighted by molar-refractivity contribution is -0.117. The van der Waals surface area contributed by atoms with Crippen LogP contribution >= 0.6 is 0 Å². The van der Waals surface area contributed by atoms with Gasteiger partial charge in [-0.2, -0.15) is 0 Å². The third kappa shape index (κ3) is 3.64. The second kappa shape index (κ2) is 6.09. The van der Waals surface area contributed by atoms with Gasteiger partial charge in [-0.15, -0.1) is 0 Å². The third-order valence-corrected chi connectivity index (χ3v) is 5.30. The molecular weight excluding hydrogens is 321 g/mol. The summed E-state index contributed by atoms with van der Waals surface area (Å²) >= 11 is 0. The minimum absolute atomic E-state index is 0.117. The Hall–Kier alpha value is -1.67. The van der Waals surface area contributed by atoms with Gasteiger partial charge in [0, 0.05) is 37.7 Å². The fourth-order valence-corrected chi connectivity index (χ4v) is 4.23. The zero-order chi connectivity index (χ0) is 16.6. The molecule has 2 N–H and O–H groups in total. The van der Waals surface area contributed by atoms with Crippen LogP contribution < -0.4 is 14.9 Å². The number of nitrogens with two attached hydrogens (primary N) is 1. The monoisotopic (exact) mass is 341 g/mol. The Labute approximate surface area is 135 Å². The molecule has 2 aliphatic heterocycles. The Morgan fingerprint density at radius 1 is 1.26 bits per heavy atom. The standard InChI is InChI=1S/C15H20FN3O3S/c16-13-8-12(3-4-14(13)18-5-1-2-6-18)19-9-11(7-15(19)20)10-23(17,21)22/h3-4,8,11H,1-2,5-7,9-10H2,(H2,17,21,22). The molecule has 2 saturated heterocycles. The summed E-state index contributed by atoms with van der Waals surface area (Å²) in [6.45, 7) is 1.93. The number of sulfonamides is 1. The molecule has 1 atom stereocenters. The largest absolute Gasteiger partial charge is 0.369 e. The molecule has 126 valence electrons. The molecule has 23 heavy (non-hydrogen) atoms. The smallest absolute Gasteiger partial charge is 0.227 e. The van der Waals surface area contributed by atoms with Gasteiger partial charge in [0.05, 0.1) is 11.4 Å². The number of rotatable bonds is 4. The second-order valence-electron chi connectivity index (χ2n) is 6.23. The first-order chi connectivity index (χ1) is 10.8. The molecule has 6 nitrogen and oxygen atoms in total. The molecule has 1 unspecified atom stereocenters. The fourth-order valence-electron chi connectivity index (χ4n) is 3.35. The van der Waals surface area contributed by atoms with Crippen molar-refractivity contribution in [3.63, 3.8) is 0 Å². The molecule has 0 spiro atoms. The minimum atomic E-state index is -3.62. The molecule has 0 bridgehead atoms. The van der Waals surface area contributed by atoms with E-state index in [9.17, 15) is 17.6 Å². The number of carbonyl (C=O) groups excluding carboxylic acids is 1. The van der Waals surface area contributed by atoms with Crippen molar-refractivity contribution in [2.24, 2.45) is 11.1 Å². The van der Waals surface area contributed by atoms with Gasteiger partial charge in [0.25, 0.3) is 0 Å². The summed E-state index contributed by atoms with van der Waals surface area (Å²) in [6.07, 6.45) is 2.23. The van der Waals surface area contributed by atoms with E-state index < -0.39 is 10.0 Å². The van der Waals surface area contributed by atoms with Crippen LogP contribution in [0.5, 0.6) is 0 Å². The number of anilines is 2. The fraction of sp³-hybridized carbons (Fsp3) is 0.533. The number of primary sulfonamides is 1. The molecule has 1 aromatic rings. The summed E-state index contributed by atoms with van der Waals surface area (Å²) in [5.41, 5.74) is 1.02. The van der Waals surface area contributed by atoms with E-state index in [0.717, 1.165) is 25.9 Å². The summed E-state index contributed by atoms with van der Waals surface area (Å²) in [5, 5.41) is 5.04. The summed E-state index contributed by atoms with van der Waals surface area (Å²) in [7, 11) is -3.62. The highest BCUT2D eigenvalue weighted by atomic mass is 32.2. The summed E-state index contributed by atoms with van der Waals surface area (Å²) in [5.74, 6) is -1.14. The molecule has 0 aromatic heterocycles. The van der Waals surface area contributed by atoms with Crippen LogP contribution in [-0.2, 0) is 14.8 Å². The third-order valence-electron chi connectivity index (χ3n) is 4.36. The van der Waals surface area contributed by atoms with Crippen molar-refractivity contribution in [1.82, 2.24) is 0 Å². The van der Waals surface area contributed by atoms with Crippen molar-refractivity contribution in [3.8, 4) is 0 Å². The van der Waals surface area contributed by atoms with Gasteiger partial charge in [-0.3, -0.25) is 4.79 Å². The van der Waals surface area contributed by atoms with Gasteiger partial charge in [-0.25, -0.2) is 17.9 Å². The van der Waals surface area contributed by atoms with Gasteiger partial charge in [-0.05, 0) is 31.0 Å². The van der Waals surface area contributed by atoms with Gasteiger partial charge < -0.3 is 9.80 Å². The molecule has 1 amide bonds. The van der Waals surface area contributed by atoms with E-state index in [-0.39, 0.29) is 36.4 Å². The van der Waals surface area contributed by atoms with E-state index in [4.69, 9.17) is 5.14 Å². The van der Waals surface area contributed by atoms with Gasteiger partial charge >= 0.3 is 0 Å². The lowest BCUT2D eigenvalue weighted by Crippen LogP contribution is -2.27. The average Bonchev–Trinajstić information content (AvgIpc) is 3.06. The molecule has 0 radical (unpaired) electrons. The van der Waals surface area contributed by atoms with Gasteiger partial charge in [0.15, 0.2) is 0 Å². The number of hydrogen-bond acceptors (Lipinski definition) is 4. The Morgan fingerprint density at radius 2 is 1.96 bits per heavy atom. The van der Waals surface area contributed by atoms with Crippen LogP contribution in [0.1, 0.15) is 19.3 Å². The van der Waals surface area contributed by atoms with Crippen molar-refractivity contribution in [3.05, 3.63) is 24.0 Å². The lowest BCUT2D eigenvalue weighted by atomic mass is 10.1. The first-order valence-electron chi connectivity index (χ1n) is 7.69. The number of nitrogens with zero attached hydrogens (tertiary/aromatic N) is 2. The van der Waals surface area contributed by atoms with E-state index in [1.165, 1.54) is 11.0 Å². The predicted octanol–water partition coefficient (Wildman–Crippen LogP) is 1.07. The molecule has 8 heteroatoms. The normalized spacial score (nSPS) is 22.2. The highest BCUT2D eigenvalue weighted by Crippen LogP contribution is 2.31. The molecular formula is C15H20FN3O3S. The van der Waals surface area contributed by atoms with Crippen LogP contribution in [0, 0.1) is 11.7 Å². The van der Waals surface area contributed by atoms with Crippen LogP contribution in [0.25, 0.3) is 0 Å². The maximum atomic E-state index is 14.4. The number of carbonyl (C=O) groups is 1. The first kappa shape index (κ1) is 16.2. The van der Waals surface area contributed by atoms with E-state index in [1.807, 2.05) is 4.90 Å². The Morgan fingerprint density at radius 3 is 2.57 bits per heavy atom. The van der Waals surface area contributed by atoms with E-state index in [0.29, 0.717) is 11.4 Å². The molecule has 2 aliphatic rings. The average molecular weight is 341 g/mol. The Kier molecular flexibility index (Phi) is 4.29. The van der Waals surface area contributed by atoms with Crippen molar-refractivity contribution < 1.29 is 17.6 Å². The van der Waals surface area contributed by atoms with Crippen molar-refractivity contribution in [2.45, 2.75) is 19.3 Å².